The fourth-order valence-electron chi connectivity index (χ4n) is 5.64. The molecule has 2 aliphatic rings. The molecule has 0 spiro atoms. The Bertz CT molecular complexity index is 1270. The summed E-state index contributed by atoms with van der Waals surface area (Å²) in [5.41, 5.74) is 2.43. The number of aromatic amines is 1. The van der Waals surface area contributed by atoms with Crippen LogP contribution in [0.5, 0.6) is 5.75 Å². The first-order valence-electron chi connectivity index (χ1n) is 12.8. The van der Waals surface area contributed by atoms with Gasteiger partial charge in [-0.1, -0.05) is 25.1 Å². The number of rotatable bonds is 9. The van der Waals surface area contributed by atoms with Crippen LogP contribution in [0.25, 0.3) is 10.9 Å². The van der Waals surface area contributed by atoms with Crippen molar-refractivity contribution >= 4 is 16.9 Å². The third-order valence-electron chi connectivity index (χ3n) is 7.58. The van der Waals surface area contributed by atoms with Crippen LogP contribution in [0.1, 0.15) is 43.1 Å². The predicted molar refractivity (Wildman–Crippen MR) is 135 cm³/mol. The van der Waals surface area contributed by atoms with Crippen LogP contribution in [-0.4, -0.2) is 70.9 Å². The van der Waals surface area contributed by atoms with E-state index >= 15 is 8.78 Å². The minimum Gasteiger partial charge on any atom is -0.488 e. The van der Waals surface area contributed by atoms with E-state index in [0.29, 0.717) is 38.2 Å². The number of carboxylic acids is 1. The van der Waals surface area contributed by atoms with Crippen LogP contribution in [0.2, 0.25) is 0 Å². The number of para-hydroxylation sites is 1. The van der Waals surface area contributed by atoms with Crippen molar-refractivity contribution in [2.75, 3.05) is 32.9 Å². The first-order valence-corrected chi connectivity index (χ1v) is 12.8. The normalized spacial score (nSPS) is 21.5. The highest BCUT2D eigenvalue weighted by atomic mass is 19.1. The van der Waals surface area contributed by atoms with E-state index < -0.39 is 29.6 Å². The second-order valence-corrected chi connectivity index (χ2v) is 10.3. The van der Waals surface area contributed by atoms with Crippen molar-refractivity contribution < 1.29 is 27.8 Å². The van der Waals surface area contributed by atoms with E-state index in [2.05, 4.69) is 4.98 Å². The summed E-state index contributed by atoms with van der Waals surface area (Å²) in [7, 11) is 0. The van der Waals surface area contributed by atoms with Crippen molar-refractivity contribution in [1.29, 1.82) is 0 Å². The number of fused-ring (bicyclic) bond motifs is 3. The maximum absolute atomic E-state index is 15.7. The number of alkyl halides is 1. The topological polar surface area (TPSA) is 68.8 Å². The zero-order valence-corrected chi connectivity index (χ0v) is 21.0. The molecule has 0 bridgehead atoms. The Hall–Kier alpha value is -3.04. The molecule has 37 heavy (non-hydrogen) atoms. The third kappa shape index (κ3) is 4.94. The molecule has 3 aromatic rings. The quantitative estimate of drug-likeness (QED) is 0.423. The smallest absolute Gasteiger partial charge is 0.307 e. The van der Waals surface area contributed by atoms with Crippen molar-refractivity contribution in [3.05, 3.63) is 64.9 Å². The zero-order chi connectivity index (χ0) is 26.3. The molecule has 198 valence electrons. The zero-order valence-electron chi connectivity index (χ0n) is 21.0. The molecule has 0 saturated carbocycles. The first kappa shape index (κ1) is 25.6. The van der Waals surface area contributed by atoms with E-state index in [0.717, 1.165) is 16.5 Å². The molecule has 6 nitrogen and oxygen atoms in total. The lowest BCUT2D eigenvalue weighted by molar-refractivity contribution is -0.142. The molecule has 1 aromatic heterocycles. The van der Waals surface area contributed by atoms with E-state index in [4.69, 9.17) is 4.74 Å². The Morgan fingerprint density at radius 2 is 1.92 bits per heavy atom. The number of nitrogens with one attached hydrogen (secondary N) is 1. The molecule has 1 saturated heterocycles. The van der Waals surface area contributed by atoms with Crippen LogP contribution in [-0.2, 0) is 11.2 Å². The standard InChI is InChI=1S/C28H32F3N3O3/c1-16(28(35)36)13-34-17(2)10-21-20-6-3-4-7-24(20)32-26(21)27(34)25-22(30)11-18(12-23(25)31)37-19-14-33(15-19)9-5-8-29/h3-4,6-7,11-12,16-17,19,27,32H,5,8-10,13-15H2,1-2H3,(H,35,36)/t16?,17?,27-/m1/s1. The maximum atomic E-state index is 15.7. The van der Waals surface area contributed by atoms with Gasteiger partial charge in [0.15, 0.2) is 0 Å². The van der Waals surface area contributed by atoms with Gasteiger partial charge in [-0.15, -0.1) is 0 Å². The summed E-state index contributed by atoms with van der Waals surface area (Å²) in [6, 6.07) is 9.22. The number of hydrogen-bond acceptors (Lipinski definition) is 4. The molecule has 1 fully saturated rings. The average molecular weight is 516 g/mol. The number of H-pyrrole nitrogens is 1. The molecular formula is C28H32F3N3O3. The number of carbonyl (C=O) groups is 1. The summed E-state index contributed by atoms with van der Waals surface area (Å²) in [6.07, 6.45) is 0.886. The molecule has 0 radical (unpaired) electrons. The van der Waals surface area contributed by atoms with Crippen LogP contribution >= 0.6 is 0 Å². The average Bonchev–Trinajstić information content (AvgIpc) is 3.19. The van der Waals surface area contributed by atoms with Gasteiger partial charge in [-0.05, 0) is 31.4 Å². The van der Waals surface area contributed by atoms with Crippen molar-refractivity contribution in [3.63, 3.8) is 0 Å². The predicted octanol–water partition coefficient (Wildman–Crippen LogP) is 4.93. The number of carboxylic acid groups (broad SMARTS) is 1. The van der Waals surface area contributed by atoms with Gasteiger partial charge in [0.25, 0.3) is 0 Å². The summed E-state index contributed by atoms with van der Waals surface area (Å²) >= 11 is 0. The lowest BCUT2D eigenvalue weighted by atomic mass is 9.87. The number of nitrogens with zero attached hydrogens (tertiary/aromatic N) is 2. The molecule has 5 rings (SSSR count). The molecule has 2 N–H and O–H groups in total. The summed E-state index contributed by atoms with van der Waals surface area (Å²) in [5.74, 6) is -3.04. The first-order chi connectivity index (χ1) is 17.8. The summed E-state index contributed by atoms with van der Waals surface area (Å²) in [5, 5.41) is 10.6. The molecule has 2 aromatic carbocycles. The van der Waals surface area contributed by atoms with Crippen molar-refractivity contribution in [3.8, 4) is 5.75 Å². The molecule has 3 atom stereocenters. The Morgan fingerprint density at radius 3 is 2.59 bits per heavy atom. The largest absolute Gasteiger partial charge is 0.488 e. The highest BCUT2D eigenvalue weighted by Crippen LogP contribution is 2.43. The fourth-order valence-corrected chi connectivity index (χ4v) is 5.64. The molecule has 2 unspecified atom stereocenters. The van der Waals surface area contributed by atoms with Crippen LogP contribution < -0.4 is 4.74 Å². The molecule has 0 aliphatic carbocycles. The van der Waals surface area contributed by atoms with E-state index in [-0.39, 0.29) is 36.7 Å². The maximum Gasteiger partial charge on any atom is 0.307 e. The van der Waals surface area contributed by atoms with Gasteiger partial charge in [0.1, 0.15) is 23.5 Å². The lowest BCUT2D eigenvalue weighted by Crippen LogP contribution is -2.53. The molecule has 3 heterocycles. The number of halogens is 3. The number of ether oxygens (including phenoxy) is 1. The van der Waals surface area contributed by atoms with Crippen LogP contribution in [0, 0.1) is 17.6 Å². The minimum atomic E-state index is -0.959. The number of benzene rings is 2. The second kappa shape index (κ2) is 10.4. The Kier molecular flexibility index (Phi) is 7.18. The summed E-state index contributed by atoms with van der Waals surface area (Å²) in [4.78, 5) is 19.0. The minimum absolute atomic E-state index is 0.111. The molecule has 9 heteroatoms. The van der Waals surface area contributed by atoms with Gasteiger partial charge in [0, 0.05) is 66.5 Å². The van der Waals surface area contributed by atoms with Crippen molar-refractivity contribution in [1.82, 2.24) is 14.8 Å². The van der Waals surface area contributed by atoms with Crippen LogP contribution in [0.15, 0.2) is 36.4 Å². The van der Waals surface area contributed by atoms with Crippen molar-refractivity contribution in [2.45, 2.75) is 44.9 Å². The van der Waals surface area contributed by atoms with Gasteiger partial charge in [-0.3, -0.25) is 19.0 Å². The highest BCUT2D eigenvalue weighted by molar-refractivity contribution is 5.85. The van der Waals surface area contributed by atoms with E-state index in [9.17, 15) is 14.3 Å². The molecular weight excluding hydrogens is 483 g/mol. The Labute approximate surface area is 214 Å². The van der Waals surface area contributed by atoms with E-state index in [1.54, 1.807) is 6.92 Å². The van der Waals surface area contributed by atoms with Gasteiger partial charge in [-0.25, -0.2) is 8.78 Å². The Balaban J connectivity index is 1.49. The number of aliphatic carboxylic acids is 1. The number of likely N-dealkylation sites (tertiary alicyclic amines) is 1. The lowest BCUT2D eigenvalue weighted by Gasteiger charge is -2.42. The fraction of sp³-hybridized carbons (Fsp3) is 0.464. The summed E-state index contributed by atoms with van der Waals surface area (Å²) in [6.45, 7) is 5.14. The highest BCUT2D eigenvalue weighted by Gasteiger charge is 2.40. The van der Waals surface area contributed by atoms with Gasteiger partial charge >= 0.3 is 5.97 Å². The summed E-state index contributed by atoms with van der Waals surface area (Å²) < 4.78 is 49.6. The molecule has 2 aliphatic heterocycles. The molecule has 0 amide bonds. The second-order valence-electron chi connectivity index (χ2n) is 10.3. The number of hydrogen-bond donors (Lipinski definition) is 2. The monoisotopic (exact) mass is 515 g/mol. The SMILES string of the molecule is CC(CN1C(C)Cc2c([nH]c3ccccc23)[C@H]1c1c(F)cc(OC2CN(CCCF)C2)cc1F)C(=O)O. The van der Waals surface area contributed by atoms with Gasteiger partial charge in [0.2, 0.25) is 0 Å². The van der Waals surface area contributed by atoms with E-state index in [1.807, 2.05) is 41.0 Å². The van der Waals surface area contributed by atoms with E-state index in [1.165, 1.54) is 12.1 Å². The van der Waals surface area contributed by atoms with Gasteiger partial charge in [0.05, 0.1) is 18.6 Å². The third-order valence-corrected chi connectivity index (χ3v) is 7.58. The van der Waals surface area contributed by atoms with Gasteiger partial charge in [-0.2, -0.15) is 0 Å². The Morgan fingerprint density at radius 1 is 1.22 bits per heavy atom. The van der Waals surface area contributed by atoms with Crippen LogP contribution in [0.4, 0.5) is 13.2 Å². The van der Waals surface area contributed by atoms with Gasteiger partial charge < -0.3 is 14.8 Å². The van der Waals surface area contributed by atoms with Crippen molar-refractivity contribution in [2.24, 2.45) is 5.92 Å². The van der Waals surface area contributed by atoms with Crippen LogP contribution in [0.3, 0.4) is 0 Å². The number of aromatic nitrogens is 1.